The van der Waals surface area contributed by atoms with E-state index in [1.54, 1.807) is 6.07 Å². The molecule has 0 saturated carbocycles. The maximum atomic E-state index is 12.9. The van der Waals surface area contributed by atoms with Gasteiger partial charge in [-0.15, -0.1) is 0 Å². The van der Waals surface area contributed by atoms with Crippen molar-refractivity contribution in [3.63, 3.8) is 0 Å². The van der Waals surface area contributed by atoms with Gasteiger partial charge in [0.15, 0.2) is 15.1 Å². The van der Waals surface area contributed by atoms with Crippen LogP contribution in [0.15, 0.2) is 59.5 Å². The van der Waals surface area contributed by atoms with Crippen molar-refractivity contribution in [1.29, 1.82) is 0 Å². The lowest BCUT2D eigenvalue weighted by molar-refractivity contribution is -0.384. The zero-order valence-electron chi connectivity index (χ0n) is 15.8. The summed E-state index contributed by atoms with van der Waals surface area (Å²) in [5.74, 6) is -1.67. The Morgan fingerprint density at radius 1 is 1.10 bits per heavy atom. The van der Waals surface area contributed by atoms with E-state index in [2.05, 4.69) is 0 Å². The van der Waals surface area contributed by atoms with E-state index >= 15 is 0 Å². The molecule has 0 aliphatic heterocycles. The smallest absolute Gasteiger partial charge is 0.325 e. The number of hydrogen-bond acceptors (Lipinski definition) is 7. The first-order valence-corrected chi connectivity index (χ1v) is 10.2. The Balaban J connectivity index is 2.29. The molecular formula is C19H20N2O7S. The molecular weight excluding hydrogens is 400 g/mol. The molecule has 0 bridgehead atoms. The molecule has 0 aliphatic carbocycles. The summed E-state index contributed by atoms with van der Waals surface area (Å²) in [6, 6.07) is 12.5. The molecule has 0 radical (unpaired) electrons. The highest BCUT2D eigenvalue weighted by Crippen LogP contribution is 2.23. The minimum absolute atomic E-state index is 0.0357. The third-order valence-corrected chi connectivity index (χ3v) is 6.22. The largest absolute Gasteiger partial charge is 0.465 e. The second-order valence-corrected chi connectivity index (χ2v) is 8.16. The van der Waals surface area contributed by atoms with E-state index in [-0.39, 0.29) is 17.2 Å². The molecule has 29 heavy (non-hydrogen) atoms. The second kappa shape index (κ2) is 9.28. The first-order chi connectivity index (χ1) is 13.7. The van der Waals surface area contributed by atoms with E-state index in [9.17, 15) is 28.1 Å². The molecule has 0 spiro atoms. The number of non-ortho nitro benzene ring substituents is 1. The number of amides is 1. The van der Waals surface area contributed by atoms with Gasteiger partial charge < -0.3 is 9.64 Å². The molecule has 0 aliphatic rings. The van der Waals surface area contributed by atoms with E-state index in [1.165, 1.54) is 62.5 Å². The van der Waals surface area contributed by atoms with Gasteiger partial charge in [0.25, 0.3) is 5.69 Å². The lowest BCUT2D eigenvalue weighted by Crippen LogP contribution is -2.38. The SMILES string of the molecule is CCOC(=O)C(CC(=O)N(C)c1ccc([N+](=O)[O-])cc1)S(=O)(=O)c1ccccc1. The average Bonchev–Trinajstić information content (AvgIpc) is 2.72. The summed E-state index contributed by atoms with van der Waals surface area (Å²) < 4.78 is 30.7. The van der Waals surface area contributed by atoms with Crippen LogP contribution in [0, 0.1) is 10.1 Å². The van der Waals surface area contributed by atoms with Crippen LogP contribution in [0.25, 0.3) is 0 Å². The highest BCUT2D eigenvalue weighted by Gasteiger charge is 2.38. The van der Waals surface area contributed by atoms with Gasteiger partial charge in [-0.25, -0.2) is 8.42 Å². The summed E-state index contributed by atoms with van der Waals surface area (Å²) in [4.78, 5) is 36.2. The van der Waals surface area contributed by atoms with E-state index in [0.29, 0.717) is 5.69 Å². The van der Waals surface area contributed by atoms with Crippen molar-refractivity contribution in [2.24, 2.45) is 0 Å². The lowest BCUT2D eigenvalue weighted by atomic mass is 10.2. The molecule has 1 atom stereocenters. The predicted octanol–water partition coefficient (Wildman–Crippen LogP) is 2.35. The molecule has 2 aromatic rings. The first-order valence-electron chi connectivity index (χ1n) is 8.65. The average molecular weight is 420 g/mol. The number of esters is 1. The molecule has 1 unspecified atom stereocenters. The maximum Gasteiger partial charge on any atom is 0.325 e. The van der Waals surface area contributed by atoms with Crippen LogP contribution in [0.3, 0.4) is 0 Å². The fraction of sp³-hybridized carbons (Fsp3) is 0.263. The van der Waals surface area contributed by atoms with Gasteiger partial charge in [0.1, 0.15) is 0 Å². The van der Waals surface area contributed by atoms with Gasteiger partial charge in [-0.1, -0.05) is 18.2 Å². The van der Waals surface area contributed by atoms with Crippen LogP contribution in [0.2, 0.25) is 0 Å². The number of nitro benzene ring substituents is 1. The summed E-state index contributed by atoms with van der Waals surface area (Å²) in [6.07, 6.45) is -0.635. The zero-order valence-corrected chi connectivity index (χ0v) is 16.7. The van der Waals surface area contributed by atoms with E-state index in [0.717, 1.165) is 4.90 Å². The number of nitrogens with zero attached hydrogens (tertiary/aromatic N) is 2. The van der Waals surface area contributed by atoms with Crippen LogP contribution in [0.4, 0.5) is 11.4 Å². The van der Waals surface area contributed by atoms with Crippen molar-refractivity contribution in [1.82, 2.24) is 0 Å². The maximum absolute atomic E-state index is 12.9. The summed E-state index contributed by atoms with van der Waals surface area (Å²) in [6.45, 7) is 1.50. The van der Waals surface area contributed by atoms with E-state index in [4.69, 9.17) is 4.74 Å². The number of hydrogen-bond donors (Lipinski definition) is 0. The third-order valence-electron chi connectivity index (χ3n) is 4.18. The zero-order chi connectivity index (χ0) is 21.6. The minimum Gasteiger partial charge on any atom is -0.465 e. The van der Waals surface area contributed by atoms with Crippen LogP contribution >= 0.6 is 0 Å². The van der Waals surface area contributed by atoms with Crippen molar-refractivity contribution in [2.75, 3.05) is 18.6 Å². The number of sulfone groups is 1. The minimum atomic E-state index is -4.16. The predicted molar refractivity (Wildman–Crippen MR) is 105 cm³/mol. The van der Waals surface area contributed by atoms with Gasteiger partial charge >= 0.3 is 5.97 Å². The van der Waals surface area contributed by atoms with E-state index in [1.807, 2.05) is 0 Å². The molecule has 1 amide bonds. The van der Waals surface area contributed by atoms with Crippen LogP contribution < -0.4 is 4.90 Å². The number of ether oxygens (including phenoxy) is 1. The van der Waals surface area contributed by atoms with Gasteiger partial charge in [-0.05, 0) is 31.2 Å². The van der Waals surface area contributed by atoms with Crippen molar-refractivity contribution < 1.29 is 27.7 Å². The number of carbonyl (C=O) groups is 2. The molecule has 10 heteroatoms. The molecule has 0 fully saturated rings. The van der Waals surface area contributed by atoms with E-state index < -0.39 is 38.3 Å². The Morgan fingerprint density at radius 3 is 2.21 bits per heavy atom. The van der Waals surface area contributed by atoms with Gasteiger partial charge in [-0.3, -0.25) is 19.7 Å². The molecule has 0 heterocycles. The van der Waals surface area contributed by atoms with Crippen LogP contribution in [-0.2, 0) is 24.2 Å². The Hall–Kier alpha value is -3.27. The second-order valence-electron chi connectivity index (χ2n) is 6.03. The highest BCUT2D eigenvalue weighted by atomic mass is 32.2. The lowest BCUT2D eigenvalue weighted by Gasteiger charge is -2.21. The van der Waals surface area contributed by atoms with Crippen LogP contribution in [0.5, 0.6) is 0 Å². The quantitative estimate of drug-likeness (QED) is 0.365. The number of benzene rings is 2. The summed E-state index contributed by atoms with van der Waals surface area (Å²) in [5.41, 5.74) is 0.172. The first kappa shape index (κ1) is 22.0. The molecule has 2 rings (SSSR count). The summed E-state index contributed by atoms with van der Waals surface area (Å²) >= 11 is 0. The van der Waals surface area contributed by atoms with Crippen molar-refractivity contribution >= 4 is 33.1 Å². The topological polar surface area (TPSA) is 124 Å². The monoisotopic (exact) mass is 420 g/mol. The number of anilines is 1. The van der Waals surface area contributed by atoms with Crippen molar-refractivity contribution in [2.45, 2.75) is 23.5 Å². The van der Waals surface area contributed by atoms with Crippen molar-refractivity contribution in [3.05, 3.63) is 64.7 Å². The molecule has 154 valence electrons. The Kier molecular flexibility index (Phi) is 7.05. The molecule has 0 N–H and O–H groups in total. The fourth-order valence-electron chi connectivity index (χ4n) is 2.57. The summed E-state index contributed by atoms with van der Waals surface area (Å²) in [7, 11) is -2.77. The van der Waals surface area contributed by atoms with Gasteiger partial charge in [-0.2, -0.15) is 0 Å². The Bertz CT molecular complexity index is 989. The van der Waals surface area contributed by atoms with Gasteiger partial charge in [0.2, 0.25) is 5.91 Å². The Labute approximate surface area is 168 Å². The number of carbonyl (C=O) groups excluding carboxylic acids is 2. The highest BCUT2D eigenvalue weighted by molar-refractivity contribution is 7.92. The molecule has 0 aromatic heterocycles. The normalized spacial score (nSPS) is 12.1. The van der Waals surface area contributed by atoms with Gasteiger partial charge in [0, 0.05) is 24.9 Å². The molecule has 0 saturated heterocycles. The van der Waals surface area contributed by atoms with Crippen LogP contribution in [0.1, 0.15) is 13.3 Å². The number of nitro groups is 1. The molecule has 9 nitrogen and oxygen atoms in total. The third kappa shape index (κ3) is 5.17. The van der Waals surface area contributed by atoms with Gasteiger partial charge in [0.05, 0.1) is 22.8 Å². The standard InChI is InChI=1S/C19H20N2O7S/c1-3-28-19(23)17(29(26,27)16-7-5-4-6-8-16)13-18(22)20(2)14-9-11-15(12-10-14)21(24)25/h4-12,17H,3,13H2,1-2H3. The van der Waals surface area contributed by atoms with Crippen molar-refractivity contribution in [3.8, 4) is 0 Å². The number of rotatable bonds is 8. The fourth-order valence-corrected chi connectivity index (χ4v) is 4.12. The van der Waals surface area contributed by atoms with Crippen LogP contribution in [-0.4, -0.2) is 44.1 Å². The Morgan fingerprint density at radius 2 is 1.69 bits per heavy atom. The molecule has 2 aromatic carbocycles. The summed E-state index contributed by atoms with van der Waals surface area (Å²) in [5, 5.41) is 9.04.